The normalized spacial score (nSPS) is 9.91. The van der Waals surface area contributed by atoms with Crippen molar-refractivity contribution in [2.45, 2.75) is 0 Å². The summed E-state index contributed by atoms with van der Waals surface area (Å²) in [5.41, 5.74) is 0.757. The number of hydrogen-bond donors (Lipinski definition) is 1. The molecule has 118 valence electrons. The Morgan fingerprint density at radius 1 is 1.13 bits per heavy atom. The van der Waals surface area contributed by atoms with Crippen LogP contribution in [0.15, 0.2) is 73.5 Å². The molecule has 4 heteroatoms. The van der Waals surface area contributed by atoms with Crippen molar-refractivity contribution < 1.29 is 19.4 Å². The summed E-state index contributed by atoms with van der Waals surface area (Å²) in [5.74, 6) is 0.577. The van der Waals surface area contributed by atoms with Crippen molar-refractivity contribution in [3.8, 4) is 11.5 Å². The highest BCUT2D eigenvalue weighted by Gasteiger charge is 2.13. The van der Waals surface area contributed by atoms with Gasteiger partial charge in [-0.15, -0.1) is 0 Å². The first-order valence-corrected chi connectivity index (χ1v) is 7.11. The minimum Gasteiger partial charge on any atom is -0.507 e. The van der Waals surface area contributed by atoms with Crippen LogP contribution in [-0.2, 0) is 4.74 Å². The second-order valence-corrected chi connectivity index (χ2v) is 4.74. The molecule has 0 radical (unpaired) electrons. The van der Waals surface area contributed by atoms with E-state index in [1.54, 1.807) is 36.4 Å². The zero-order valence-corrected chi connectivity index (χ0v) is 12.7. The maximum Gasteiger partial charge on any atom is 0.196 e. The number of phenols is 1. The van der Waals surface area contributed by atoms with Gasteiger partial charge in [0.2, 0.25) is 0 Å². The van der Waals surface area contributed by atoms with E-state index in [1.165, 1.54) is 12.1 Å². The zero-order valence-electron chi connectivity index (χ0n) is 12.7. The van der Waals surface area contributed by atoms with Crippen LogP contribution in [0.3, 0.4) is 0 Å². The number of phenolic OH excluding ortho intramolecular Hbond substituents is 1. The summed E-state index contributed by atoms with van der Waals surface area (Å²) in [5, 5.41) is 10.0. The molecule has 0 fully saturated rings. The molecule has 0 saturated heterocycles. The Bertz CT molecular complexity index is 705. The Labute approximate surface area is 135 Å². The third kappa shape index (κ3) is 4.48. The molecule has 0 unspecified atom stereocenters. The Balaban J connectivity index is 1.99. The fourth-order valence-electron chi connectivity index (χ4n) is 1.93. The highest BCUT2D eigenvalue weighted by molar-refractivity contribution is 6.10. The third-order valence-electron chi connectivity index (χ3n) is 3.12. The van der Waals surface area contributed by atoms with Crippen LogP contribution in [0.4, 0.5) is 0 Å². The first-order valence-electron chi connectivity index (χ1n) is 7.11. The average molecular weight is 310 g/mol. The molecule has 1 N–H and O–H groups in total. The molecule has 0 aliphatic heterocycles. The number of ether oxygens (including phenoxy) is 2. The topological polar surface area (TPSA) is 55.8 Å². The minimum atomic E-state index is -0.236. The number of allylic oxidation sites excluding steroid dienone is 1. The van der Waals surface area contributed by atoms with Gasteiger partial charge in [0.05, 0.1) is 5.56 Å². The van der Waals surface area contributed by atoms with Crippen LogP contribution in [0.5, 0.6) is 11.5 Å². The highest BCUT2D eigenvalue weighted by atomic mass is 16.5. The van der Waals surface area contributed by atoms with E-state index < -0.39 is 0 Å². The molecular weight excluding hydrogens is 292 g/mol. The lowest BCUT2D eigenvalue weighted by molar-refractivity contribution is 0.103. The third-order valence-corrected chi connectivity index (χ3v) is 3.12. The van der Waals surface area contributed by atoms with Crippen LogP contribution in [0.25, 0.3) is 0 Å². The SMILES string of the molecule is C=CC(=C)OCCOc1ccc(C(=O)c2ccccc2)c(O)c1. The van der Waals surface area contributed by atoms with Gasteiger partial charge >= 0.3 is 0 Å². The Hall–Kier alpha value is -3.01. The Morgan fingerprint density at radius 2 is 1.87 bits per heavy atom. The molecule has 0 aliphatic carbocycles. The summed E-state index contributed by atoms with van der Waals surface area (Å²) in [6.07, 6.45) is 1.51. The molecule has 4 nitrogen and oxygen atoms in total. The summed E-state index contributed by atoms with van der Waals surface area (Å²) in [6.45, 7) is 7.75. The Kier molecular flexibility index (Phi) is 5.58. The second-order valence-electron chi connectivity index (χ2n) is 4.74. The number of ketones is 1. The van der Waals surface area contributed by atoms with Gasteiger partial charge in [0.1, 0.15) is 30.5 Å². The number of carbonyl (C=O) groups is 1. The van der Waals surface area contributed by atoms with E-state index in [1.807, 2.05) is 6.07 Å². The number of hydrogen-bond acceptors (Lipinski definition) is 4. The van der Waals surface area contributed by atoms with Crippen LogP contribution in [0, 0.1) is 0 Å². The molecule has 0 saturated carbocycles. The van der Waals surface area contributed by atoms with E-state index in [4.69, 9.17) is 9.47 Å². The van der Waals surface area contributed by atoms with Crippen LogP contribution in [0.1, 0.15) is 15.9 Å². The maximum atomic E-state index is 12.3. The number of benzene rings is 2. The van der Waals surface area contributed by atoms with Crippen molar-refractivity contribution in [3.63, 3.8) is 0 Å². The van der Waals surface area contributed by atoms with Gasteiger partial charge in [0.15, 0.2) is 5.78 Å². The molecule has 2 aromatic carbocycles. The summed E-state index contributed by atoms with van der Waals surface area (Å²) in [6, 6.07) is 13.4. The van der Waals surface area contributed by atoms with E-state index in [0.29, 0.717) is 23.7 Å². The average Bonchev–Trinajstić information content (AvgIpc) is 2.58. The molecule has 0 spiro atoms. The van der Waals surface area contributed by atoms with Gasteiger partial charge in [-0.2, -0.15) is 0 Å². The largest absolute Gasteiger partial charge is 0.507 e. The van der Waals surface area contributed by atoms with Crippen molar-refractivity contribution in [1.82, 2.24) is 0 Å². The molecule has 0 aromatic heterocycles. The number of aromatic hydroxyl groups is 1. The molecule has 0 bridgehead atoms. The number of rotatable bonds is 8. The van der Waals surface area contributed by atoms with Crippen LogP contribution >= 0.6 is 0 Å². The molecular formula is C19H18O4. The fraction of sp³-hybridized carbons (Fsp3) is 0.105. The standard InChI is InChI=1S/C19H18O4/c1-3-14(2)22-11-12-23-16-9-10-17(18(20)13-16)19(21)15-7-5-4-6-8-15/h3-10,13,20H,1-2,11-12H2. The molecule has 0 atom stereocenters. The molecule has 0 aliphatic rings. The maximum absolute atomic E-state index is 12.3. The van der Waals surface area contributed by atoms with Gasteiger partial charge in [-0.3, -0.25) is 4.79 Å². The van der Waals surface area contributed by atoms with Gasteiger partial charge in [0.25, 0.3) is 0 Å². The molecule has 0 amide bonds. The van der Waals surface area contributed by atoms with E-state index >= 15 is 0 Å². The predicted molar refractivity (Wildman–Crippen MR) is 88.8 cm³/mol. The first-order chi connectivity index (χ1) is 11.1. The van der Waals surface area contributed by atoms with E-state index in [2.05, 4.69) is 13.2 Å². The fourth-order valence-corrected chi connectivity index (χ4v) is 1.93. The van der Waals surface area contributed by atoms with Crippen molar-refractivity contribution in [1.29, 1.82) is 0 Å². The zero-order chi connectivity index (χ0) is 16.7. The van der Waals surface area contributed by atoms with Gasteiger partial charge in [-0.1, -0.05) is 43.5 Å². The van der Waals surface area contributed by atoms with Crippen molar-refractivity contribution >= 4 is 5.78 Å². The monoisotopic (exact) mass is 310 g/mol. The Morgan fingerprint density at radius 3 is 2.52 bits per heavy atom. The molecule has 0 heterocycles. The quantitative estimate of drug-likeness (QED) is 0.349. The smallest absolute Gasteiger partial charge is 0.196 e. The van der Waals surface area contributed by atoms with Crippen LogP contribution in [0.2, 0.25) is 0 Å². The molecule has 2 aromatic rings. The van der Waals surface area contributed by atoms with E-state index in [-0.39, 0.29) is 23.7 Å². The van der Waals surface area contributed by atoms with Crippen molar-refractivity contribution in [3.05, 3.63) is 84.7 Å². The summed E-state index contributed by atoms with van der Waals surface area (Å²) in [7, 11) is 0. The van der Waals surface area contributed by atoms with Crippen molar-refractivity contribution in [2.75, 3.05) is 13.2 Å². The first kappa shape index (κ1) is 16.4. The lowest BCUT2D eigenvalue weighted by atomic mass is 10.0. The van der Waals surface area contributed by atoms with Crippen LogP contribution in [-0.4, -0.2) is 24.1 Å². The summed E-state index contributed by atoms with van der Waals surface area (Å²) >= 11 is 0. The van der Waals surface area contributed by atoms with E-state index in [9.17, 15) is 9.90 Å². The van der Waals surface area contributed by atoms with Crippen LogP contribution < -0.4 is 4.74 Å². The summed E-state index contributed by atoms with van der Waals surface area (Å²) in [4.78, 5) is 12.3. The van der Waals surface area contributed by atoms with Gasteiger partial charge in [-0.25, -0.2) is 0 Å². The van der Waals surface area contributed by atoms with Gasteiger partial charge in [0, 0.05) is 11.6 Å². The van der Waals surface area contributed by atoms with Crippen molar-refractivity contribution in [2.24, 2.45) is 0 Å². The van der Waals surface area contributed by atoms with E-state index in [0.717, 1.165) is 0 Å². The minimum absolute atomic E-state index is 0.118. The second kappa shape index (κ2) is 7.84. The predicted octanol–water partition coefficient (Wildman–Crippen LogP) is 3.72. The van der Waals surface area contributed by atoms with Gasteiger partial charge in [-0.05, 0) is 18.2 Å². The molecule has 23 heavy (non-hydrogen) atoms. The number of carbonyl (C=O) groups excluding carboxylic acids is 1. The lowest BCUT2D eigenvalue weighted by Gasteiger charge is -2.10. The molecule has 2 rings (SSSR count). The summed E-state index contributed by atoms with van der Waals surface area (Å²) < 4.78 is 10.7. The van der Waals surface area contributed by atoms with Gasteiger partial charge < -0.3 is 14.6 Å². The lowest BCUT2D eigenvalue weighted by Crippen LogP contribution is -2.06. The highest BCUT2D eigenvalue weighted by Crippen LogP contribution is 2.25.